The topological polar surface area (TPSA) is 45.7 Å². The van der Waals surface area contributed by atoms with Gasteiger partial charge in [0.25, 0.3) is 5.91 Å². The molecular formula is C18H27N3O2S. The Bertz CT molecular complexity index is 557. The summed E-state index contributed by atoms with van der Waals surface area (Å²) in [4.78, 5) is 21.6. The van der Waals surface area contributed by atoms with Gasteiger partial charge in [0.2, 0.25) is 0 Å². The molecule has 0 aromatic carbocycles. The molecular weight excluding hydrogens is 322 g/mol. The smallest absolute Gasteiger partial charge is 0.251 e. The molecule has 3 saturated heterocycles. The third-order valence-corrected chi connectivity index (χ3v) is 6.61. The van der Waals surface area contributed by atoms with E-state index in [2.05, 4.69) is 16.8 Å². The number of ether oxygens (including phenoxy) is 1. The minimum atomic E-state index is -0.201. The zero-order valence-corrected chi connectivity index (χ0v) is 15.2. The van der Waals surface area contributed by atoms with Crippen molar-refractivity contribution in [1.29, 1.82) is 0 Å². The first-order valence-corrected chi connectivity index (χ1v) is 10.1. The Labute approximate surface area is 148 Å². The van der Waals surface area contributed by atoms with E-state index < -0.39 is 0 Å². The molecule has 5 nitrogen and oxygen atoms in total. The van der Waals surface area contributed by atoms with E-state index in [-0.39, 0.29) is 18.1 Å². The van der Waals surface area contributed by atoms with Gasteiger partial charge in [0.1, 0.15) is 11.1 Å². The van der Waals surface area contributed by atoms with E-state index in [1.165, 1.54) is 5.01 Å². The number of likely N-dealkylation sites (tertiary alicyclic amines) is 2. The lowest BCUT2D eigenvalue weighted by Gasteiger charge is -2.33. The normalized spacial score (nSPS) is 32.0. The number of carbonyl (C=O) groups is 1. The molecule has 0 radical (unpaired) electrons. The molecule has 0 aliphatic carbocycles. The zero-order valence-electron chi connectivity index (χ0n) is 14.4. The number of aromatic nitrogens is 1. The maximum absolute atomic E-state index is 12.8. The molecule has 3 atom stereocenters. The lowest BCUT2D eigenvalue weighted by Crippen LogP contribution is -2.44. The van der Waals surface area contributed by atoms with E-state index in [4.69, 9.17) is 4.74 Å². The number of thiazole rings is 1. The van der Waals surface area contributed by atoms with Crippen molar-refractivity contribution in [3.05, 3.63) is 16.6 Å². The van der Waals surface area contributed by atoms with Crippen LogP contribution in [0.4, 0.5) is 0 Å². The van der Waals surface area contributed by atoms with Crippen LogP contribution < -0.4 is 0 Å². The van der Waals surface area contributed by atoms with Crippen molar-refractivity contribution in [3.63, 3.8) is 0 Å². The summed E-state index contributed by atoms with van der Waals surface area (Å²) in [6.07, 6.45) is 6.20. The van der Waals surface area contributed by atoms with Crippen LogP contribution in [0.15, 0.2) is 11.6 Å². The van der Waals surface area contributed by atoms with Crippen molar-refractivity contribution >= 4 is 17.2 Å². The van der Waals surface area contributed by atoms with E-state index in [0.29, 0.717) is 5.92 Å². The summed E-state index contributed by atoms with van der Waals surface area (Å²) < 4.78 is 6.21. The van der Waals surface area contributed by atoms with Gasteiger partial charge >= 0.3 is 0 Å². The molecule has 0 bridgehead atoms. The molecule has 0 N–H and O–H groups in total. The zero-order chi connectivity index (χ0) is 16.5. The van der Waals surface area contributed by atoms with Gasteiger partial charge in [-0.15, -0.1) is 11.3 Å². The Morgan fingerprint density at radius 2 is 2.17 bits per heavy atom. The van der Waals surface area contributed by atoms with Crippen molar-refractivity contribution in [1.82, 2.24) is 14.8 Å². The first-order chi connectivity index (χ1) is 11.7. The van der Waals surface area contributed by atoms with Gasteiger partial charge in [0, 0.05) is 31.2 Å². The molecule has 1 aromatic rings. The van der Waals surface area contributed by atoms with E-state index in [1.807, 2.05) is 16.5 Å². The summed E-state index contributed by atoms with van der Waals surface area (Å²) in [6, 6.07) is 0. The van der Waals surface area contributed by atoms with Crippen molar-refractivity contribution in [2.75, 3.05) is 26.2 Å². The molecule has 24 heavy (non-hydrogen) atoms. The Hall–Kier alpha value is -0.980. The highest BCUT2D eigenvalue weighted by Crippen LogP contribution is 2.35. The maximum atomic E-state index is 12.8. The van der Waals surface area contributed by atoms with Gasteiger partial charge in [-0.25, -0.2) is 4.98 Å². The number of fused-ring (bicyclic) bond motifs is 1. The summed E-state index contributed by atoms with van der Waals surface area (Å²) >= 11 is 1.71. The molecule has 1 amide bonds. The SMILES string of the molecule is CC1CCN(C(=O)[C@@H]2C[C@H]3CCN(Cc4nccs4)C[C@H]3O2)CC1. The molecule has 0 unspecified atom stereocenters. The van der Waals surface area contributed by atoms with Gasteiger partial charge in [-0.2, -0.15) is 0 Å². The molecule has 6 heteroatoms. The summed E-state index contributed by atoms with van der Waals surface area (Å²) in [7, 11) is 0. The summed E-state index contributed by atoms with van der Waals surface area (Å²) in [5, 5.41) is 3.20. The molecule has 0 saturated carbocycles. The van der Waals surface area contributed by atoms with Crippen LogP contribution in [0, 0.1) is 11.8 Å². The minimum absolute atomic E-state index is 0.201. The maximum Gasteiger partial charge on any atom is 0.251 e. The molecule has 0 spiro atoms. The van der Waals surface area contributed by atoms with Crippen molar-refractivity contribution in [2.45, 2.75) is 51.4 Å². The van der Waals surface area contributed by atoms with E-state index >= 15 is 0 Å². The Kier molecular flexibility index (Phi) is 4.88. The Morgan fingerprint density at radius 3 is 2.92 bits per heavy atom. The van der Waals surface area contributed by atoms with Crippen molar-refractivity contribution < 1.29 is 9.53 Å². The second-order valence-electron chi connectivity index (χ2n) is 7.62. The Morgan fingerprint density at radius 1 is 1.33 bits per heavy atom. The van der Waals surface area contributed by atoms with Crippen LogP contribution in [0.1, 0.15) is 37.6 Å². The van der Waals surface area contributed by atoms with Crippen LogP contribution >= 0.6 is 11.3 Å². The monoisotopic (exact) mass is 349 g/mol. The van der Waals surface area contributed by atoms with Gasteiger partial charge < -0.3 is 9.64 Å². The second-order valence-corrected chi connectivity index (χ2v) is 8.60. The van der Waals surface area contributed by atoms with Crippen LogP contribution in [0.2, 0.25) is 0 Å². The van der Waals surface area contributed by atoms with Crippen molar-refractivity contribution in [2.24, 2.45) is 11.8 Å². The van der Waals surface area contributed by atoms with Crippen LogP contribution in [-0.4, -0.2) is 59.1 Å². The van der Waals surface area contributed by atoms with Gasteiger partial charge in [-0.1, -0.05) is 6.92 Å². The highest BCUT2D eigenvalue weighted by Gasteiger charge is 2.43. The van der Waals surface area contributed by atoms with E-state index in [0.717, 1.165) is 64.3 Å². The summed E-state index contributed by atoms with van der Waals surface area (Å²) in [6.45, 7) is 7.03. The van der Waals surface area contributed by atoms with Gasteiger partial charge in [-0.05, 0) is 44.1 Å². The average molecular weight is 350 g/mol. The highest BCUT2D eigenvalue weighted by molar-refractivity contribution is 7.09. The molecule has 132 valence electrons. The first-order valence-electron chi connectivity index (χ1n) is 9.24. The molecule has 3 aliphatic rings. The first kappa shape index (κ1) is 16.5. The summed E-state index contributed by atoms with van der Waals surface area (Å²) in [5.41, 5.74) is 0. The van der Waals surface area contributed by atoms with Crippen LogP contribution in [-0.2, 0) is 16.1 Å². The molecule has 3 fully saturated rings. The number of piperidine rings is 2. The van der Waals surface area contributed by atoms with Gasteiger partial charge in [0.15, 0.2) is 0 Å². The lowest BCUT2D eigenvalue weighted by atomic mass is 9.91. The highest BCUT2D eigenvalue weighted by atomic mass is 32.1. The Balaban J connectivity index is 1.31. The van der Waals surface area contributed by atoms with E-state index in [1.54, 1.807) is 11.3 Å². The quantitative estimate of drug-likeness (QED) is 0.840. The minimum Gasteiger partial charge on any atom is -0.364 e. The van der Waals surface area contributed by atoms with Crippen LogP contribution in [0.3, 0.4) is 0 Å². The third-order valence-electron chi connectivity index (χ3n) is 5.85. The molecule has 4 heterocycles. The molecule has 3 aliphatic heterocycles. The largest absolute Gasteiger partial charge is 0.364 e. The second kappa shape index (κ2) is 7.10. The number of amides is 1. The summed E-state index contributed by atoms with van der Waals surface area (Å²) in [5.74, 6) is 1.54. The number of hydrogen-bond donors (Lipinski definition) is 0. The number of nitrogens with zero attached hydrogens (tertiary/aromatic N) is 3. The predicted molar refractivity (Wildman–Crippen MR) is 93.8 cm³/mol. The standard InChI is InChI=1S/C18H27N3O2S/c1-13-2-7-21(8-3-13)18(22)15-10-14-4-6-20(11-16(14)23-15)12-17-19-5-9-24-17/h5,9,13-16H,2-4,6-8,10-12H2,1H3/t14-,15+,16-/m1/s1. The third kappa shape index (κ3) is 3.51. The van der Waals surface area contributed by atoms with E-state index in [9.17, 15) is 4.79 Å². The van der Waals surface area contributed by atoms with Gasteiger partial charge in [0.05, 0.1) is 12.6 Å². The van der Waals surface area contributed by atoms with Crippen LogP contribution in [0.25, 0.3) is 0 Å². The fourth-order valence-corrected chi connectivity index (χ4v) is 4.91. The molecule has 4 rings (SSSR count). The number of hydrogen-bond acceptors (Lipinski definition) is 5. The fourth-order valence-electron chi connectivity index (χ4n) is 4.25. The predicted octanol–water partition coefficient (Wildman–Crippen LogP) is 2.38. The van der Waals surface area contributed by atoms with Crippen molar-refractivity contribution in [3.8, 4) is 0 Å². The number of rotatable bonds is 3. The molecule has 1 aromatic heterocycles. The fraction of sp³-hybridized carbons (Fsp3) is 0.778. The van der Waals surface area contributed by atoms with Crippen LogP contribution in [0.5, 0.6) is 0 Å². The lowest BCUT2D eigenvalue weighted by molar-refractivity contribution is -0.145. The average Bonchev–Trinajstić information content (AvgIpc) is 3.24. The van der Waals surface area contributed by atoms with Gasteiger partial charge in [-0.3, -0.25) is 9.69 Å². The number of carbonyl (C=O) groups excluding carboxylic acids is 1.